The zero-order valence-electron chi connectivity index (χ0n) is 10.6. The Bertz CT molecular complexity index is 395. The summed E-state index contributed by atoms with van der Waals surface area (Å²) in [6, 6.07) is 2.40. The first-order chi connectivity index (χ1) is 8.18. The molecule has 1 aliphatic carbocycles. The van der Waals surface area contributed by atoms with Gasteiger partial charge in [-0.1, -0.05) is 12.2 Å². The van der Waals surface area contributed by atoms with Gasteiger partial charge in [-0.25, -0.2) is 0 Å². The molecule has 0 saturated carbocycles. The molecule has 0 radical (unpaired) electrons. The van der Waals surface area contributed by atoms with Gasteiger partial charge in [0.15, 0.2) is 0 Å². The summed E-state index contributed by atoms with van der Waals surface area (Å²) in [5, 5.41) is 0. The van der Waals surface area contributed by atoms with Gasteiger partial charge in [0.05, 0.1) is 13.2 Å². The lowest BCUT2D eigenvalue weighted by molar-refractivity contribution is 0.146. The average Bonchev–Trinajstić information content (AvgIpc) is 2.69. The first-order valence-electron chi connectivity index (χ1n) is 6.34. The van der Waals surface area contributed by atoms with Crippen LogP contribution in [0.5, 0.6) is 0 Å². The van der Waals surface area contributed by atoms with Crippen LogP contribution in [0.4, 0.5) is 0 Å². The Morgan fingerprint density at radius 2 is 2.47 bits per heavy atom. The van der Waals surface area contributed by atoms with Gasteiger partial charge in [-0.2, -0.15) is 0 Å². The Balaban J connectivity index is 1.91. The molecule has 1 aromatic heterocycles. The van der Waals surface area contributed by atoms with E-state index in [0.717, 1.165) is 31.6 Å². The van der Waals surface area contributed by atoms with Crippen LogP contribution in [-0.2, 0) is 17.7 Å². The summed E-state index contributed by atoms with van der Waals surface area (Å²) in [7, 11) is 0. The number of nitrogens with zero attached hydrogens (tertiary/aromatic N) is 1. The maximum absolute atomic E-state index is 6.10. The van der Waals surface area contributed by atoms with E-state index in [2.05, 4.69) is 23.4 Å². The summed E-state index contributed by atoms with van der Waals surface area (Å²) in [6.45, 7) is 8.11. The molecule has 1 unspecified atom stereocenters. The van der Waals surface area contributed by atoms with Crippen LogP contribution in [0.25, 0.3) is 0 Å². The fourth-order valence-electron chi connectivity index (χ4n) is 2.41. The van der Waals surface area contributed by atoms with Crippen molar-refractivity contribution >= 4 is 0 Å². The van der Waals surface area contributed by atoms with Crippen molar-refractivity contribution in [2.45, 2.75) is 38.8 Å². The van der Waals surface area contributed by atoms with Crippen LogP contribution >= 0.6 is 0 Å². The molecule has 1 aromatic rings. The molecular weight excluding hydrogens is 212 g/mol. The molecule has 1 heterocycles. The second-order valence-corrected chi connectivity index (χ2v) is 4.92. The highest BCUT2D eigenvalue weighted by Gasteiger charge is 2.19. The minimum atomic E-state index is 0.233. The number of hydrogen-bond donors (Lipinski definition) is 1. The Kier molecular flexibility index (Phi) is 4.02. The van der Waals surface area contributed by atoms with Crippen molar-refractivity contribution in [3.63, 3.8) is 0 Å². The summed E-state index contributed by atoms with van der Waals surface area (Å²) >= 11 is 0. The van der Waals surface area contributed by atoms with Gasteiger partial charge in [0.25, 0.3) is 0 Å². The van der Waals surface area contributed by atoms with Crippen molar-refractivity contribution < 1.29 is 4.74 Å². The second-order valence-electron chi connectivity index (χ2n) is 4.92. The number of ether oxygens (including phenoxy) is 1. The third kappa shape index (κ3) is 2.99. The Labute approximate surface area is 103 Å². The summed E-state index contributed by atoms with van der Waals surface area (Å²) < 4.78 is 7.82. The SMILES string of the molecule is C=C(C)COCCn1ccc2c1CCCC2N. The quantitative estimate of drug-likeness (QED) is 0.628. The molecule has 94 valence electrons. The first-order valence-corrected chi connectivity index (χ1v) is 6.34. The smallest absolute Gasteiger partial charge is 0.0672 e. The van der Waals surface area contributed by atoms with Crippen molar-refractivity contribution in [3.8, 4) is 0 Å². The summed E-state index contributed by atoms with van der Waals surface area (Å²) in [4.78, 5) is 0. The van der Waals surface area contributed by atoms with Crippen molar-refractivity contribution in [2.24, 2.45) is 5.73 Å². The molecule has 3 heteroatoms. The van der Waals surface area contributed by atoms with Crippen LogP contribution < -0.4 is 5.73 Å². The first kappa shape index (κ1) is 12.4. The van der Waals surface area contributed by atoms with Gasteiger partial charge in [-0.15, -0.1) is 0 Å². The largest absolute Gasteiger partial charge is 0.375 e. The monoisotopic (exact) mass is 234 g/mol. The van der Waals surface area contributed by atoms with E-state index in [1.807, 2.05) is 6.92 Å². The van der Waals surface area contributed by atoms with Gasteiger partial charge in [-0.3, -0.25) is 0 Å². The molecule has 0 bridgehead atoms. The fraction of sp³-hybridized carbons (Fsp3) is 0.571. The molecular formula is C14H22N2O. The van der Waals surface area contributed by atoms with E-state index >= 15 is 0 Å². The molecule has 0 amide bonds. The molecule has 0 aromatic carbocycles. The van der Waals surface area contributed by atoms with Crippen LogP contribution in [0, 0.1) is 0 Å². The van der Waals surface area contributed by atoms with E-state index in [9.17, 15) is 0 Å². The van der Waals surface area contributed by atoms with Gasteiger partial charge >= 0.3 is 0 Å². The molecule has 1 aliphatic rings. The summed E-state index contributed by atoms with van der Waals surface area (Å²) in [5.41, 5.74) is 9.90. The molecule has 0 spiro atoms. The standard InChI is InChI=1S/C14H22N2O/c1-11(2)10-17-9-8-16-7-6-12-13(15)4-3-5-14(12)16/h6-7,13H,1,3-5,8-10,15H2,2H3. The van der Waals surface area contributed by atoms with E-state index in [4.69, 9.17) is 10.5 Å². The average molecular weight is 234 g/mol. The van der Waals surface area contributed by atoms with Crippen molar-refractivity contribution in [3.05, 3.63) is 35.7 Å². The lowest BCUT2D eigenvalue weighted by atomic mass is 9.94. The summed E-state index contributed by atoms with van der Waals surface area (Å²) in [6.07, 6.45) is 5.60. The minimum absolute atomic E-state index is 0.233. The zero-order chi connectivity index (χ0) is 12.3. The second kappa shape index (κ2) is 5.52. The maximum atomic E-state index is 6.10. The number of aromatic nitrogens is 1. The van der Waals surface area contributed by atoms with Crippen LogP contribution in [0.15, 0.2) is 24.4 Å². The molecule has 0 aliphatic heterocycles. The van der Waals surface area contributed by atoms with Gasteiger partial charge in [0.1, 0.15) is 0 Å². The number of rotatable bonds is 5. The number of fused-ring (bicyclic) bond motifs is 1. The van der Waals surface area contributed by atoms with Gasteiger partial charge in [-0.05, 0) is 37.8 Å². The predicted molar refractivity (Wildman–Crippen MR) is 69.9 cm³/mol. The third-order valence-corrected chi connectivity index (χ3v) is 3.27. The molecule has 17 heavy (non-hydrogen) atoms. The Hall–Kier alpha value is -1.06. The van der Waals surface area contributed by atoms with Crippen LogP contribution in [0.2, 0.25) is 0 Å². The van der Waals surface area contributed by atoms with E-state index in [0.29, 0.717) is 6.61 Å². The number of hydrogen-bond acceptors (Lipinski definition) is 2. The predicted octanol–water partition coefficient (Wildman–Crippen LogP) is 2.42. The Morgan fingerprint density at radius 1 is 1.65 bits per heavy atom. The van der Waals surface area contributed by atoms with E-state index < -0.39 is 0 Å². The lowest BCUT2D eigenvalue weighted by Gasteiger charge is -2.21. The highest BCUT2D eigenvalue weighted by Crippen LogP contribution is 2.28. The third-order valence-electron chi connectivity index (χ3n) is 3.27. The van der Waals surface area contributed by atoms with E-state index in [1.54, 1.807) is 0 Å². The topological polar surface area (TPSA) is 40.2 Å². The van der Waals surface area contributed by atoms with Crippen LogP contribution in [0.1, 0.15) is 37.1 Å². The normalized spacial score (nSPS) is 19.1. The van der Waals surface area contributed by atoms with Gasteiger partial charge in [0, 0.05) is 24.5 Å². The molecule has 2 rings (SSSR count). The van der Waals surface area contributed by atoms with Crippen molar-refractivity contribution in [1.82, 2.24) is 4.57 Å². The van der Waals surface area contributed by atoms with Crippen molar-refractivity contribution in [1.29, 1.82) is 0 Å². The highest BCUT2D eigenvalue weighted by atomic mass is 16.5. The van der Waals surface area contributed by atoms with Gasteiger partial charge in [0.2, 0.25) is 0 Å². The molecule has 3 nitrogen and oxygen atoms in total. The minimum Gasteiger partial charge on any atom is -0.375 e. The molecule has 1 atom stereocenters. The van der Waals surface area contributed by atoms with Crippen LogP contribution in [0.3, 0.4) is 0 Å². The van der Waals surface area contributed by atoms with Gasteiger partial charge < -0.3 is 15.0 Å². The number of nitrogens with two attached hydrogens (primary N) is 1. The Morgan fingerprint density at radius 3 is 3.24 bits per heavy atom. The van der Waals surface area contributed by atoms with Crippen molar-refractivity contribution in [2.75, 3.05) is 13.2 Å². The highest BCUT2D eigenvalue weighted by molar-refractivity contribution is 5.28. The summed E-state index contributed by atoms with van der Waals surface area (Å²) in [5.74, 6) is 0. The molecule has 0 saturated heterocycles. The zero-order valence-corrected chi connectivity index (χ0v) is 10.6. The molecule has 2 N–H and O–H groups in total. The lowest BCUT2D eigenvalue weighted by Crippen LogP contribution is -2.19. The maximum Gasteiger partial charge on any atom is 0.0672 e. The van der Waals surface area contributed by atoms with E-state index in [-0.39, 0.29) is 6.04 Å². The van der Waals surface area contributed by atoms with Crippen LogP contribution in [-0.4, -0.2) is 17.8 Å². The van der Waals surface area contributed by atoms with E-state index in [1.165, 1.54) is 17.7 Å². The molecule has 0 fully saturated rings. The fourth-order valence-corrected chi connectivity index (χ4v) is 2.41.